The highest BCUT2D eigenvalue weighted by Crippen LogP contribution is 2.56. The lowest BCUT2D eigenvalue weighted by Crippen LogP contribution is -3.00. The first kappa shape index (κ1) is 26.0. The minimum absolute atomic E-state index is 0. The average molecular weight is 516 g/mol. The predicted octanol–water partition coefficient (Wildman–Crippen LogP) is 2.72. The first-order valence-corrected chi connectivity index (χ1v) is 16.1. The normalized spacial score (nSPS) is 11.4. The minimum Gasteiger partial charge on any atom is -1.00 e. The van der Waals surface area contributed by atoms with Crippen LogP contribution in [0.3, 0.4) is 0 Å². The summed E-state index contributed by atoms with van der Waals surface area (Å²) >= 11 is 0. The molecule has 0 heterocycles. The third-order valence-electron chi connectivity index (χ3n) is 5.69. The van der Waals surface area contributed by atoms with E-state index < -0.39 is 16.3 Å². The molecule has 166 valence electrons. The number of hydrogen-bond donors (Lipinski definition) is 0. The van der Waals surface area contributed by atoms with Crippen molar-refractivity contribution in [2.24, 2.45) is 0 Å². The zero-order chi connectivity index (χ0) is 21.2. The number of unbranched alkanes of at least 4 members (excludes halogenated alkanes) is 1. The summed E-state index contributed by atoms with van der Waals surface area (Å²) < 4.78 is 6.10. The van der Waals surface area contributed by atoms with Crippen molar-refractivity contribution in [2.45, 2.75) is 45.7 Å². The van der Waals surface area contributed by atoms with Gasteiger partial charge in [0.25, 0.3) is 0 Å². The van der Waals surface area contributed by atoms with E-state index in [4.69, 9.17) is 4.43 Å². The van der Waals surface area contributed by atoms with E-state index in [0.717, 1.165) is 25.6 Å². The molecule has 0 fully saturated rings. The zero-order valence-electron chi connectivity index (χ0n) is 19.1. The van der Waals surface area contributed by atoms with Crippen molar-refractivity contribution in [3.05, 3.63) is 90.5 Å². The molecule has 0 spiro atoms. The van der Waals surface area contributed by atoms with Crippen LogP contribution < -0.4 is 32.9 Å². The molecule has 0 unspecified atom stereocenters. The highest BCUT2D eigenvalue weighted by Gasteiger charge is 2.45. The second kappa shape index (κ2) is 13.3. The maximum absolute atomic E-state index is 6.10. The van der Waals surface area contributed by atoms with Crippen LogP contribution in [0.15, 0.2) is 84.9 Å². The predicted molar refractivity (Wildman–Crippen MR) is 138 cm³/mol. The molecule has 0 aliphatic heterocycles. The SMILES string of the molecule is CCCCc1ccccc1[P+](CCCO[SiH](C)C)(c1ccccc1)c1ccccc1.[Br-]. The molecule has 4 heteroatoms. The van der Waals surface area contributed by atoms with Gasteiger partial charge in [0.05, 0.1) is 6.16 Å². The van der Waals surface area contributed by atoms with Gasteiger partial charge < -0.3 is 21.4 Å². The fourth-order valence-corrected chi connectivity index (χ4v) is 9.49. The Hall–Kier alpha value is -1.25. The van der Waals surface area contributed by atoms with Gasteiger partial charge in [-0.15, -0.1) is 0 Å². The Labute approximate surface area is 202 Å². The number of halogens is 1. The van der Waals surface area contributed by atoms with Crippen LogP contribution in [0.2, 0.25) is 13.1 Å². The Morgan fingerprint density at radius 3 is 1.84 bits per heavy atom. The van der Waals surface area contributed by atoms with Crippen LogP contribution in [0.25, 0.3) is 0 Å². The van der Waals surface area contributed by atoms with Gasteiger partial charge in [0, 0.05) is 13.0 Å². The van der Waals surface area contributed by atoms with Crippen molar-refractivity contribution in [1.29, 1.82) is 0 Å². The Morgan fingerprint density at radius 1 is 0.742 bits per heavy atom. The van der Waals surface area contributed by atoms with Gasteiger partial charge in [-0.3, -0.25) is 0 Å². The standard InChI is InChI=1S/C27H36OPSi.BrH/c1-4-5-15-24-16-12-13-21-27(24)29(23-14-22-28-30(2)3,25-17-8-6-9-18-25)26-19-10-7-11-20-26;/h6-13,16-21,30H,4-5,14-15,22-23H2,1-3H3;1H/q+1;/p-1. The Kier molecular flexibility index (Phi) is 11.2. The molecule has 0 saturated heterocycles. The molecule has 31 heavy (non-hydrogen) atoms. The minimum atomic E-state index is -1.76. The van der Waals surface area contributed by atoms with Crippen LogP contribution in [-0.4, -0.2) is 21.8 Å². The lowest BCUT2D eigenvalue weighted by atomic mass is 10.1. The molecule has 3 rings (SSSR count). The van der Waals surface area contributed by atoms with Gasteiger partial charge in [-0.2, -0.15) is 0 Å². The van der Waals surface area contributed by atoms with Crippen molar-refractivity contribution >= 4 is 32.2 Å². The van der Waals surface area contributed by atoms with E-state index in [1.54, 1.807) is 5.30 Å². The molecule has 0 aliphatic rings. The monoisotopic (exact) mass is 514 g/mol. The molecular formula is C27H36BrOPSi. The summed E-state index contributed by atoms with van der Waals surface area (Å²) in [5, 5.41) is 4.54. The lowest BCUT2D eigenvalue weighted by molar-refractivity contribution is -0.00000689. The Bertz CT molecular complexity index is 847. The van der Waals surface area contributed by atoms with Gasteiger partial charge in [-0.1, -0.05) is 67.9 Å². The highest BCUT2D eigenvalue weighted by molar-refractivity contribution is 7.95. The third-order valence-corrected chi connectivity index (χ3v) is 11.2. The smallest absolute Gasteiger partial charge is 0.170 e. The summed E-state index contributed by atoms with van der Waals surface area (Å²) in [6, 6.07) is 31.8. The van der Waals surface area contributed by atoms with Crippen LogP contribution in [0.1, 0.15) is 31.7 Å². The summed E-state index contributed by atoms with van der Waals surface area (Å²) in [5.74, 6) is 0. The van der Waals surface area contributed by atoms with Crippen LogP contribution in [0.5, 0.6) is 0 Å². The zero-order valence-corrected chi connectivity index (χ0v) is 22.8. The van der Waals surface area contributed by atoms with E-state index in [1.165, 1.54) is 29.0 Å². The number of hydrogen-bond acceptors (Lipinski definition) is 1. The van der Waals surface area contributed by atoms with E-state index in [9.17, 15) is 0 Å². The molecule has 0 amide bonds. The van der Waals surface area contributed by atoms with Gasteiger partial charge in [0.1, 0.15) is 23.2 Å². The highest BCUT2D eigenvalue weighted by atomic mass is 79.9. The maximum Gasteiger partial charge on any atom is 0.170 e. The Morgan fingerprint density at radius 2 is 1.29 bits per heavy atom. The van der Waals surface area contributed by atoms with E-state index in [1.807, 2.05) is 0 Å². The van der Waals surface area contributed by atoms with Crippen molar-refractivity contribution in [2.75, 3.05) is 12.8 Å². The molecule has 0 saturated carbocycles. The summed E-state index contributed by atoms with van der Waals surface area (Å²) in [4.78, 5) is 0. The summed E-state index contributed by atoms with van der Waals surface area (Å²) in [5.41, 5.74) is 1.53. The summed E-state index contributed by atoms with van der Waals surface area (Å²) in [6.07, 6.45) is 5.88. The Balaban J connectivity index is 0.00000341. The molecule has 0 aromatic heterocycles. The van der Waals surface area contributed by atoms with Gasteiger partial charge in [-0.05, 0) is 61.8 Å². The number of benzene rings is 3. The molecule has 0 N–H and O–H groups in total. The largest absolute Gasteiger partial charge is 1.00 e. The number of rotatable bonds is 11. The summed E-state index contributed by atoms with van der Waals surface area (Å²) in [7, 11) is -2.75. The fraction of sp³-hybridized carbons (Fsp3) is 0.333. The molecule has 0 radical (unpaired) electrons. The maximum atomic E-state index is 6.10. The lowest BCUT2D eigenvalue weighted by Gasteiger charge is -2.29. The van der Waals surface area contributed by atoms with Crippen LogP contribution in [0, 0.1) is 0 Å². The van der Waals surface area contributed by atoms with E-state index in [2.05, 4.69) is 105 Å². The van der Waals surface area contributed by atoms with Gasteiger partial charge >= 0.3 is 0 Å². The van der Waals surface area contributed by atoms with Crippen molar-refractivity contribution in [1.82, 2.24) is 0 Å². The van der Waals surface area contributed by atoms with Gasteiger partial charge in [-0.25, -0.2) is 0 Å². The molecule has 1 nitrogen and oxygen atoms in total. The van der Waals surface area contributed by atoms with E-state index >= 15 is 0 Å². The first-order valence-electron chi connectivity index (χ1n) is 11.4. The molecular weight excluding hydrogens is 479 g/mol. The summed E-state index contributed by atoms with van der Waals surface area (Å²) in [6.45, 7) is 7.68. The molecule has 0 aliphatic carbocycles. The van der Waals surface area contributed by atoms with Crippen molar-refractivity contribution in [3.8, 4) is 0 Å². The first-order chi connectivity index (χ1) is 14.7. The molecule has 3 aromatic carbocycles. The topological polar surface area (TPSA) is 9.23 Å². The van der Waals surface area contributed by atoms with Crippen molar-refractivity contribution < 1.29 is 21.4 Å². The van der Waals surface area contributed by atoms with Crippen LogP contribution in [-0.2, 0) is 10.8 Å². The van der Waals surface area contributed by atoms with Crippen molar-refractivity contribution in [3.63, 3.8) is 0 Å². The van der Waals surface area contributed by atoms with Crippen LogP contribution >= 0.6 is 7.26 Å². The third kappa shape index (κ3) is 6.62. The number of aryl methyl sites for hydroxylation is 1. The average Bonchev–Trinajstić information content (AvgIpc) is 2.79. The molecule has 0 bridgehead atoms. The second-order valence-corrected chi connectivity index (χ2v) is 14.2. The van der Waals surface area contributed by atoms with E-state index in [0.29, 0.717) is 0 Å². The van der Waals surface area contributed by atoms with Gasteiger partial charge in [0.15, 0.2) is 9.04 Å². The second-order valence-electron chi connectivity index (χ2n) is 8.21. The molecule has 0 atom stereocenters. The fourth-order valence-electron chi connectivity index (χ4n) is 4.25. The molecule has 3 aromatic rings. The van der Waals surface area contributed by atoms with E-state index in [-0.39, 0.29) is 17.0 Å². The quantitative estimate of drug-likeness (QED) is 0.217. The van der Waals surface area contributed by atoms with Crippen LogP contribution in [0.4, 0.5) is 0 Å². The van der Waals surface area contributed by atoms with Gasteiger partial charge in [0.2, 0.25) is 0 Å².